The molecule has 0 aromatic rings. The molecule has 1 aliphatic rings. The molecule has 0 spiro atoms. The Morgan fingerprint density at radius 1 is 1.24 bits per heavy atom. The normalized spacial score (nSPS) is 18.1. The molecule has 126 valence electrons. The average Bonchev–Trinajstić information content (AvgIpc) is 2.41. The number of nitrogens with zero attached hydrogens (tertiary/aromatic N) is 2. The van der Waals surface area contributed by atoms with Gasteiger partial charge in [0.1, 0.15) is 0 Å². The van der Waals surface area contributed by atoms with E-state index in [9.17, 15) is 4.79 Å². The van der Waals surface area contributed by atoms with E-state index in [4.69, 9.17) is 0 Å². The Labute approximate surface area is 131 Å². The van der Waals surface area contributed by atoms with Crippen LogP contribution in [-0.4, -0.2) is 68.7 Å². The van der Waals surface area contributed by atoms with Crippen LogP contribution in [0.2, 0.25) is 0 Å². The molecule has 0 atom stereocenters. The first-order chi connectivity index (χ1) is 9.83. The Morgan fingerprint density at radius 2 is 1.76 bits per heavy atom. The summed E-state index contributed by atoms with van der Waals surface area (Å²) in [6.07, 6.45) is 2.02. The molecule has 1 rings (SSSR count). The molecule has 5 heteroatoms. The van der Waals surface area contributed by atoms with E-state index in [2.05, 4.69) is 55.4 Å². The third kappa shape index (κ3) is 8.27. The van der Waals surface area contributed by atoms with Crippen molar-refractivity contribution in [3.05, 3.63) is 0 Å². The van der Waals surface area contributed by atoms with Crippen LogP contribution in [0.5, 0.6) is 0 Å². The van der Waals surface area contributed by atoms with Crippen LogP contribution in [0.15, 0.2) is 0 Å². The maximum absolute atomic E-state index is 12.0. The zero-order valence-electron chi connectivity index (χ0n) is 15.1. The van der Waals surface area contributed by atoms with Crippen LogP contribution in [-0.2, 0) is 0 Å². The summed E-state index contributed by atoms with van der Waals surface area (Å²) in [5, 5.41) is 6.18. The monoisotopic (exact) mass is 300 g/mol. The minimum atomic E-state index is -0.0862. The molecular formula is C16H36N4O. The van der Waals surface area contributed by atoms with Crippen LogP contribution in [0.1, 0.15) is 40.5 Å². The van der Waals surface area contributed by atoms with Gasteiger partial charge in [-0.15, -0.1) is 0 Å². The smallest absolute Gasteiger partial charge is 0.315 e. The van der Waals surface area contributed by atoms with Crippen LogP contribution >= 0.6 is 0 Å². The van der Waals surface area contributed by atoms with E-state index in [1.165, 1.54) is 0 Å². The summed E-state index contributed by atoms with van der Waals surface area (Å²) in [6.45, 7) is 11.9. The number of likely N-dealkylation sites (N-methyl/N-ethyl adjacent to an activating group) is 1. The van der Waals surface area contributed by atoms with E-state index >= 15 is 0 Å². The van der Waals surface area contributed by atoms with Gasteiger partial charge in [0.15, 0.2) is 0 Å². The number of carbonyl (C=O) groups excluding carboxylic acids is 1. The number of hydrogen-bond acceptors (Lipinski definition) is 3. The lowest BCUT2D eigenvalue weighted by Gasteiger charge is -2.42. The van der Waals surface area contributed by atoms with Crippen molar-refractivity contribution in [2.24, 2.45) is 5.92 Å². The topological polar surface area (TPSA) is 47.6 Å². The minimum Gasteiger partial charge on any atom is -0.338 e. The van der Waals surface area contributed by atoms with Gasteiger partial charge < -0.3 is 20.4 Å². The second kappa shape index (κ2) is 10.0. The SMILES string of the molecule is CC.CC(C)CNC(=O)NC1(CN(C)C)CCN(C)CC1. The third-order valence-corrected chi connectivity index (χ3v) is 3.61. The molecule has 1 heterocycles. The van der Waals surface area contributed by atoms with E-state index < -0.39 is 0 Å². The number of rotatable bonds is 5. The first-order valence-electron chi connectivity index (χ1n) is 8.22. The number of hydrogen-bond donors (Lipinski definition) is 2. The molecule has 0 aromatic carbocycles. The molecule has 2 amide bonds. The second-order valence-electron chi connectivity index (χ2n) is 6.55. The maximum atomic E-state index is 12.0. The molecule has 1 fully saturated rings. The lowest BCUT2D eigenvalue weighted by Crippen LogP contribution is -2.61. The molecule has 0 unspecified atom stereocenters. The number of carbonyl (C=O) groups is 1. The fourth-order valence-electron chi connectivity index (χ4n) is 2.56. The van der Waals surface area contributed by atoms with Crippen molar-refractivity contribution < 1.29 is 4.79 Å². The molecule has 1 saturated heterocycles. The van der Waals surface area contributed by atoms with Gasteiger partial charge in [-0.1, -0.05) is 27.7 Å². The van der Waals surface area contributed by atoms with Crippen molar-refractivity contribution in [1.82, 2.24) is 20.4 Å². The minimum absolute atomic E-state index is 0.0277. The Morgan fingerprint density at radius 3 is 2.19 bits per heavy atom. The summed E-state index contributed by atoms with van der Waals surface area (Å²) in [6, 6.07) is -0.0277. The number of nitrogens with one attached hydrogen (secondary N) is 2. The van der Waals surface area contributed by atoms with Crippen LogP contribution in [0.4, 0.5) is 4.79 Å². The molecule has 0 bridgehead atoms. The fourth-order valence-corrected chi connectivity index (χ4v) is 2.56. The Balaban J connectivity index is 0.00000191. The standard InChI is InChI=1S/C14H30N4O.C2H6/c1-12(2)10-15-13(19)16-14(11-17(3)4)6-8-18(5)9-7-14;1-2/h12H,6-11H2,1-5H3,(H2,15,16,19);1-2H3. The summed E-state index contributed by atoms with van der Waals surface area (Å²) in [7, 11) is 6.26. The Hall–Kier alpha value is -0.810. The first-order valence-corrected chi connectivity index (χ1v) is 8.22. The van der Waals surface area contributed by atoms with Gasteiger partial charge in [0.25, 0.3) is 0 Å². The van der Waals surface area contributed by atoms with Crippen molar-refractivity contribution in [3.8, 4) is 0 Å². The highest BCUT2D eigenvalue weighted by Crippen LogP contribution is 2.22. The van der Waals surface area contributed by atoms with Gasteiger partial charge in [0.05, 0.1) is 5.54 Å². The van der Waals surface area contributed by atoms with Crippen LogP contribution in [0.3, 0.4) is 0 Å². The number of piperidine rings is 1. The second-order valence-corrected chi connectivity index (χ2v) is 6.55. The molecule has 1 aliphatic heterocycles. The molecule has 5 nitrogen and oxygen atoms in total. The molecule has 21 heavy (non-hydrogen) atoms. The predicted octanol–water partition coefficient (Wildman–Crippen LogP) is 1.99. The highest BCUT2D eigenvalue weighted by Gasteiger charge is 2.35. The van der Waals surface area contributed by atoms with Gasteiger partial charge in [-0.05, 0) is 39.9 Å². The predicted molar refractivity (Wildman–Crippen MR) is 90.7 cm³/mol. The molecule has 0 saturated carbocycles. The molecule has 0 aliphatic carbocycles. The van der Waals surface area contributed by atoms with E-state index in [0.29, 0.717) is 5.92 Å². The van der Waals surface area contributed by atoms with Gasteiger partial charge in [-0.25, -0.2) is 4.79 Å². The number of likely N-dealkylation sites (tertiary alicyclic amines) is 1. The van der Waals surface area contributed by atoms with E-state index in [1.807, 2.05) is 13.8 Å². The van der Waals surface area contributed by atoms with Gasteiger partial charge in [-0.2, -0.15) is 0 Å². The van der Waals surface area contributed by atoms with E-state index in [0.717, 1.165) is 39.0 Å². The zero-order valence-corrected chi connectivity index (χ0v) is 15.1. The molecular weight excluding hydrogens is 264 g/mol. The van der Waals surface area contributed by atoms with Gasteiger partial charge in [0, 0.05) is 26.2 Å². The Bertz CT molecular complexity index is 284. The largest absolute Gasteiger partial charge is 0.338 e. The summed E-state index contributed by atoms with van der Waals surface area (Å²) in [4.78, 5) is 16.5. The van der Waals surface area contributed by atoms with Crippen molar-refractivity contribution in [1.29, 1.82) is 0 Å². The quantitative estimate of drug-likeness (QED) is 0.816. The fraction of sp³-hybridized carbons (Fsp3) is 0.938. The number of amides is 2. The first kappa shape index (κ1) is 20.2. The van der Waals surface area contributed by atoms with Crippen molar-refractivity contribution in [3.63, 3.8) is 0 Å². The highest BCUT2D eigenvalue weighted by atomic mass is 16.2. The molecule has 0 radical (unpaired) electrons. The summed E-state index contributed by atoms with van der Waals surface area (Å²) >= 11 is 0. The van der Waals surface area contributed by atoms with Crippen LogP contribution < -0.4 is 10.6 Å². The van der Waals surface area contributed by atoms with Crippen molar-refractivity contribution in [2.45, 2.75) is 46.1 Å². The summed E-state index contributed by atoms with van der Waals surface area (Å²) in [5.74, 6) is 0.480. The molecule has 0 aromatic heterocycles. The van der Waals surface area contributed by atoms with Gasteiger partial charge >= 0.3 is 6.03 Å². The number of urea groups is 1. The Kier molecular flexibility index (Phi) is 9.62. The van der Waals surface area contributed by atoms with E-state index in [-0.39, 0.29) is 11.6 Å². The lowest BCUT2D eigenvalue weighted by atomic mass is 9.87. The average molecular weight is 300 g/mol. The summed E-state index contributed by atoms with van der Waals surface area (Å²) in [5.41, 5.74) is -0.0862. The van der Waals surface area contributed by atoms with Crippen LogP contribution in [0, 0.1) is 5.92 Å². The third-order valence-electron chi connectivity index (χ3n) is 3.61. The molecule has 2 N–H and O–H groups in total. The van der Waals surface area contributed by atoms with Crippen LogP contribution in [0.25, 0.3) is 0 Å². The van der Waals surface area contributed by atoms with Crippen molar-refractivity contribution >= 4 is 6.03 Å². The maximum Gasteiger partial charge on any atom is 0.315 e. The van der Waals surface area contributed by atoms with Gasteiger partial charge in [0.2, 0.25) is 0 Å². The van der Waals surface area contributed by atoms with Crippen molar-refractivity contribution in [2.75, 3.05) is 47.3 Å². The van der Waals surface area contributed by atoms with E-state index in [1.54, 1.807) is 0 Å². The lowest BCUT2D eigenvalue weighted by molar-refractivity contribution is 0.129. The highest BCUT2D eigenvalue weighted by molar-refractivity contribution is 5.74. The van der Waals surface area contributed by atoms with Gasteiger partial charge in [-0.3, -0.25) is 0 Å². The zero-order chi connectivity index (χ0) is 16.5. The summed E-state index contributed by atoms with van der Waals surface area (Å²) < 4.78 is 0.